The Morgan fingerprint density at radius 2 is 2.00 bits per heavy atom. The highest BCUT2D eigenvalue weighted by atomic mass is 32.1. The summed E-state index contributed by atoms with van der Waals surface area (Å²) in [5, 5.41) is 1.03. The van der Waals surface area contributed by atoms with Crippen LogP contribution in [-0.2, 0) is 17.7 Å². The van der Waals surface area contributed by atoms with Gasteiger partial charge in [0, 0.05) is 18.0 Å². The molecule has 3 aromatic rings. The molecule has 0 spiro atoms. The average Bonchev–Trinajstić information content (AvgIpc) is 2.97. The van der Waals surface area contributed by atoms with Crippen molar-refractivity contribution in [1.29, 1.82) is 0 Å². The van der Waals surface area contributed by atoms with Crippen molar-refractivity contribution >= 4 is 21.6 Å². The number of hydrogen-bond donors (Lipinski definition) is 0. The molecule has 27 heavy (non-hydrogen) atoms. The summed E-state index contributed by atoms with van der Waals surface area (Å²) < 4.78 is 11.7. The van der Waals surface area contributed by atoms with Gasteiger partial charge in [0.05, 0.1) is 25.1 Å². The first-order chi connectivity index (χ1) is 13.1. The lowest BCUT2D eigenvalue weighted by Crippen LogP contribution is -2.36. The fourth-order valence-corrected chi connectivity index (χ4v) is 4.34. The first kappa shape index (κ1) is 18.3. The molecule has 0 N–H and O–H groups in total. The minimum absolute atomic E-state index is 0.665. The summed E-state index contributed by atoms with van der Waals surface area (Å²) in [6.45, 7) is 10.5. The van der Waals surface area contributed by atoms with E-state index >= 15 is 0 Å². The Morgan fingerprint density at radius 3 is 2.78 bits per heavy atom. The summed E-state index contributed by atoms with van der Waals surface area (Å²) in [6, 6.07) is 8.23. The molecule has 0 bridgehead atoms. The minimum Gasteiger partial charge on any atom is -0.438 e. The van der Waals surface area contributed by atoms with Crippen LogP contribution in [0, 0.1) is 13.8 Å². The molecule has 0 saturated carbocycles. The van der Waals surface area contributed by atoms with Crippen LogP contribution in [0.2, 0.25) is 0 Å². The van der Waals surface area contributed by atoms with E-state index in [1.54, 1.807) is 11.3 Å². The normalized spacial score (nSPS) is 15.4. The van der Waals surface area contributed by atoms with Gasteiger partial charge >= 0.3 is 0 Å². The Balaban J connectivity index is 1.71. The predicted octanol–water partition coefficient (Wildman–Crippen LogP) is 4.50. The van der Waals surface area contributed by atoms with Crippen LogP contribution in [-0.4, -0.2) is 41.2 Å². The van der Waals surface area contributed by atoms with Gasteiger partial charge in [-0.25, -0.2) is 4.98 Å². The number of thiophene rings is 1. The van der Waals surface area contributed by atoms with Gasteiger partial charge in [-0.3, -0.25) is 4.90 Å². The molecule has 0 atom stereocenters. The third kappa shape index (κ3) is 3.98. The van der Waals surface area contributed by atoms with Gasteiger partial charge in [0.1, 0.15) is 16.4 Å². The van der Waals surface area contributed by atoms with Crippen LogP contribution in [0.15, 0.2) is 24.3 Å². The first-order valence-electron chi connectivity index (χ1n) is 9.47. The zero-order valence-electron chi connectivity index (χ0n) is 16.1. The number of ether oxygens (including phenoxy) is 2. The number of aromatic nitrogens is 2. The summed E-state index contributed by atoms with van der Waals surface area (Å²) in [5.74, 6) is 2.31. The van der Waals surface area contributed by atoms with Crippen molar-refractivity contribution in [3.63, 3.8) is 0 Å². The van der Waals surface area contributed by atoms with E-state index in [9.17, 15) is 0 Å². The summed E-state index contributed by atoms with van der Waals surface area (Å²) in [7, 11) is 0. The molecule has 1 aliphatic heterocycles. The highest BCUT2D eigenvalue weighted by Crippen LogP contribution is 2.36. The van der Waals surface area contributed by atoms with E-state index in [0.29, 0.717) is 5.88 Å². The van der Waals surface area contributed by atoms with Gasteiger partial charge in [-0.15, -0.1) is 11.3 Å². The molecule has 1 saturated heterocycles. The molecule has 0 aliphatic carbocycles. The van der Waals surface area contributed by atoms with Gasteiger partial charge in [0.15, 0.2) is 0 Å². The molecule has 4 rings (SSSR count). The van der Waals surface area contributed by atoms with E-state index in [2.05, 4.69) is 37.8 Å². The Labute approximate surface area is 164 Å². The average molecular weight is 384 g/mol. The second-order valence-corrected chi connectivity index (χ2v) is 8.10. The van der Waals surface area contributed by atoms with Gasteiger partial charge in [-0.05, 0) is 43.5 Å². The van der Waals surface area contributed by atoms with Gasteiger partial charge in [0.2, 0.25) is 5.88 Å². The number of nitrogens with zero attached hydrogens (tertiary/aromatic N) is 3. The molecule has 0 amide bonds. The maximum Gasteiger partial charge on any atom is 0.231 e. The molecule has 142 valence electrons. The van der Waals surface area contributed by atoms with Crippen LogP contribution in [0.5, 0.6) is 11.6 Å². The van der Waals surface area contributed by atoms with Gasteiger partial charge in [-0.1, -0.05) is 19.1 Å². The molecule has 0 unspecified atom stereocenters. The molecule has 0 radical (unpaired) electrons. The smallest absolute Gasteiger partial charge is 0.231 e. The van der Waals surface area contributed by atoms with Gasteiger partial charge in [0.25, 0.3) is 0 Å². The molecule has 5 nitrogen and oxygen atoms in total. The lowest BCUT2D eigenvalue weighted by molar-refractivity contribution is 0.0330. The number of rotatable bonds is 5. The van der Waals surface area contributed by atoms with Crippen LogP contribution in [0.3, 0.4) is 0 Å². The SMILES string of the molecule is CCc1cccc(Oc2nc(CN3CCOCC3)nc3sc(C)c(C)c23)c1. The maximum atomic E-state index is 6.27. The molecule has 1 aromatic carbocycles. The summed E-state index contributed by atoms with van der Waals surface area (Å²) in [6.07, 6.45) is 0.981. The fraction of sp³-hybridized carbons (Fsp3) is 0.429. The Morgan fingerprint density at radius 1 is 1.19 bits per heavy atom. The second kappa shape index (κ2) is 7.92. The second-order valence-electron chi connectivity index (χ2n) is 6.90. The quantitative estimate of drug-likeness (QED) is 0.649. The monoisotopic (exact) mass is 383 g/mol. The first-order valence-corrected chi connectivity index (χ1v) is 10.3. The lowest BCUT2D eigenvalue weighted by Gasteiger charge is -2.25. The topological polar surface area (TPSA) is 47.5 Å². The molecular weight excluding hydrogens is 358 g/mol. The molecule has 3 heterocycles. The van der Waals surface area contributed by atoms with Gasteiger partial charge < -0.3 is 9.47 Å². The van der Waals surface area contributed by atoms with E-state index in [4.69, 9.17) is 19.4 Å². The van der Waals surface area contributed by atoms with Crippen molar-refractivity contribution in [2.45, 2.75) is 33.7 Å². The van der Waals surface area contributed by atoms with E-state index in [-0.39, 0.29) is 0 Å². The third-order valence-corrected chi connectivity index (χ3v) is 6.13. The molecule has 1 fully saturated rings. The largest absolute Gasteiger partial charge is 0.438 e. The van der Waals surface area contributed by atoms with E-state index in [1.807, 2.05) is 12.1 Å². The molecular formula is C21H25N3O2S. The van der Waals surface area contributed by atoms with Crippen molar-refractivity contribution in [2.24, 2.45) is 0 Å². The highest BCUT2D eigenvalue weighted by molar-refractivity contribution is 7.18. The number of benzene rings is 1. The van der Waals surface area contributed by atoms with E-state index in [1.165, 1.54) is 16.0 Å². The summed E-state index contributed by atoms with van der Waals surface area (Å²) in [4.78, 5) is 14.2. The number of fused-ring (bicyclic) bond motifs is 1. The molecule has 6 heteroatoms. The van der Waals surface area contributed by atoms with E-state index < -0.39 is 0 Å². The van der Waals surface area contributed by atoms with Crippen LogP contribution in [0.25, 0.3) is 10.2 Å². The minimum atomic E-state index is 0.665. The Bertz CT molecular complexity index is 948. The third-order valence-electron chi connectivity index (χ3n) is 5.03. The van der Waals surface area contributed by atoms with Crippen molar-refractivity contribution in [2.75, 3.05) is 26.3 Å². The fourth-order valence-electron chi connectivity index (χ4n) is 3.30. The standard InChI is InChI=1S/C21H25N3O2S/c1-4-16-6-5-7-17(12-16)26-20-19-14(2)15(3)27-21(19)23-18(22-20)13-24-8-10-25-11-9-24/h5-7,12H,4,8-11,13H2,1-3H3. The van der Waals surface area contributed by atoms with Crippen molar-refractivity contribution in [1.82, 2.24) is 14.9 Å². The van der Waals surface area contributed by atoms with Crippen LogP contribution in [0.1, 0.15) is 28.8 Å². The summed E-state index contributed by atoms with van der Waals surface area (Å²) in [5.41, 5.74) is 2.46. The Hall–Kier alpha value is -2.02. The maximum absolute atomic E-state index is 6.27. The molecule has 1 aliphatic rings. The zero-order chi connectivity index (χ0) is 18.8. The van der Waals surface area contributed by atoms with Crippen LogP contribution in [0.4, 0.5) is 0 Å². The van der Waals surface area contributed by atoms with Crippen molar-refractivity contribution in [3.8, 4) is 11.6 Å². The highest BCUT2D eigenvalue weighted by Gasteiger charge is 2.19. The van der Waals surface area contributed by atoms with Crippen molar-refractivity contribution in [3.05, 3.63) is 46.1 Å². The zero-order valence-corrected chi connectivity index (χ0v) is 16.9. The lowest BCUT2D eigenvalue weighted by atomic mass is 10.2. The van der Waals surface area contributed by atoms with Crippen LogP contribution >= 0.6 is 11.3 Å². The summed E-state index contributed by atoms with van der Waals surface area (Å²) >= 11 is 1.71. The van der Waals surface area contributed by atoms with Crippen LogP contribution < -0.4 is 4.74 Å². The Kier molecular flexibility index (Phi) is 5.38. The number of morpholine rings is 1. The molecule has 2 aromatic heterocycles. The van der Waals surface area contributed by atoms with E-state index in [0.717, 1.165) is 61.1 Å². The predicted molar refractivity (Wildman–Crippen MR) is 109 cm³/mol. The number of aryl methyl sites for hydroxylation is 3. The van der Waals surface area contributed by atoms with Crippen molar-refractivity contribution < 1.29 is 9.47 Å². The van der Waals surface area contributed by atoms with Gasteiger partial charge in [-0.2, -0.15) is 4.98 Å². The number of hydrogen-bond acceptors (Lipinski definition) is 6.